The predicted octanol–water partition coefficient (Wildman–Crippen LogP) is 1.98. The molecule has 1 aliphatic heterocycles. The van der Waals surface area contributed by atoms with Gasteiger partial charge in [0, 0.05) is 13.2 Å². The van der Waals surface area contributed by atoms with E-state index in [1.54, 1.807) is 12.1 Å². The van der Waals surface area contributed by atoms with Crippen LogP contribution in [0.15, 0.2) is 24.3 Å². The van der Waals surface area contributed by atoms with Gasteiger partial charge in [0.25, 0.3) is 0 Å². The molecule has 0 bridgehead atoms. The Balaban J connectivity index is 1.94. The van der Waals surface area contributed by atoms with Crippen LogP contribution in [0.25, 0.3) is 0 Å². The molecule has 0 aliphatic carbocycles. The highest BCUT2D eigenvalue weighted by Gasteiger charge is 2.22. The third-order valence-electron chi connectivity index (χ3n) is 2.98. The van der Waals surface area contributed by atoms with Crippen molar-refractivity contribution in [1.29, 1.82) is 0 Å². The van der Waals surface area contributed by atoms with Gasteiger partial charge in [-0.3, -0.25) is 5.32 Å². The van der Waals surface area contributed by atoms with Gasteiger partial charge in [0.15, 0.2) is 0 Å². The van der Waals surface area contributed by atoms with Crippen LogP contribution < -0.4 is 5.32 Å². The minimum atomic E-state index is -0.235. The Bertz CT molecular complexity index is 342. The second-order valence-electron chi connectivity index (χ2n) is 4.30. The van der Waals surface area contributed by atoms with Gasteiger partial charge in [-0.2, -0.15) is 0 Å². The zero-order chi connectivity index (χ0) is 12.1. The molecule has 1 saturated heterocycles. The van der Waals surface area contributed by atoms with Crippen molar-refractivity contribution in [3.8, 4) is 0 Å². The van der Waals surface area contributed by atoms with Gasteiger partial charge >= 0.3 is 0 Å². The summed E-state index contributed by atoms with van der Waals surface area (Å²) < 4.78 is 18.7. The van der Waals surface area contributed by atoms with Gasteiger partial charge in [-0.15, -0.1) is 0 Å². The molecule has 1 aromatic rings. The topological polar surface area (TPSA) is 41.5 Å². The number of ether oxygens (including phenoxy) is 1. The summed E-state index contributed by atoms with van der Waals surface area (Å²) in [6.45, 7) is 1.09. The van der Waals surface area contributed by atoms with Crippen LogP contribution >= 0.6 is 0 Å². The lowest BCUT2D eigenvalue weighted by Gasteiger charge is -2.31. The van der Waals surface area contributed by atoms with E-state index in [-0.39, 0.29) is 24.8 Å². The second-order valence-corrected chi connectivity index (χ2v) is 4.30. The van der Waals surface area contributed by atoms with Gasteiger partial charge in [0.2, 0.25) is 0 Å². The van der Waals surface area contributed by atoms with Crippen LogP contribution in [0.5, 0.6) is 0 Å². The van der Waals surface area contributed by atoms with Crippen molar-refractivity contribution in [1.82, 2.24) is 5.32 Å². The van der Waals surface area contributed by atoms with Gasteiger partial charge in [-0.1, -0.05) is 12.1 Å². The maximum absolute atomic E-state index is 12.8. The van der Waals surface area contributed by atoms with E-state index >= 15 is 0 Å². The van der Waals surface area contributed by atoms with Gasteiger partial charge in [0.05, 0.1) is 6.10 Å². The smallest absolute Gasteiger partial charge is 0.134 e. The van der Waals surface area contributed by atoms with Crippen molar-refractivity contribution in [2.24, 2.45) is 0 Å². The van der Waals surface area contributed by atoms with Crippen molar-refractivity contribution in [2.75, 3.05) is 13.2 Å². The third kappa shape index (κ3) is 3.49. The molecule has 0 radical (unpaired) electrons. The summed E-state index contributed by atoms with van der Waals surface area (Å²) in [4.78, 5) is 0. The van der Waals surface area contributed by atoms with Gasteiger partial charge in [-0.25, -0.2) is 4.39 Å². The fourth-order valence-corrected chi connectivity index (χ4v) is 2.05. The Labute approximate surface area is 101 Å². The zero-order valence-electron chi connectivity index (χ0n) is 9.73. The number of halogens is 1. The summed E-state index contributed by atoms with van der Waals surface area (Å²) in [5, 5.41) is 12.1. The summed E-state index contributed by atoms with van der Waals surface area (Å²) in [5.74, 6) is -0.235. The fraction of sp³-hybridized carbons (Fsp3) is 0.538. The monoisotopic (exact) mass is 239 g/mol. The SMILES string of the molecule is OCCCC1CCNC(c2ccc(F)cc2)O1. The highest BCUT2D eigenvalue weighted by atomic mass is 19.1. The molecule has 17 heavy (non-hydrogen) atoms. The molecule has 2 atom stereocenters. The normalized spacial score (nSPS) is 24.8. The summed E-state index contributed by atoms with van der Waals surface area (Å²) >= 11 is 0. The molecular weight excluding hydrogens is 221 g/mol. The Hall–Kier alpha value is -0.970. The molecule has 0 amide bonds. The third-order valence-corrected chi connectivity index (χ3v) is 2.98. The number of benzene rings is 1. The van der Waals surface area contributed by atoms with Gasteiger partial charge in [-0.05, 0) is 37.0 Å². The average molecular weight is 239 g/mol. The van der Waals surface area contributed by atoms with Crippen LogP contribution in [0.4, 0.5) is 4.39 Å². The molecule has 2 unspecified atom stereocenters. The molecule has 94 valence electrons. The van der Waals surface area contributed by atoms with E-state index in [9.17, 15) is 4.39 Å². The second kappa shape index (κ2) is 6.10. The Morgan fingerprint density at radius 2 is 2.12 bits per heavy atom. The maximum atomic E-state index is 12.8. The highest BCUT2D eigenvalue weighted by molar-refractivity contribution is 5.18. The first-order valence-electron chi connectivity index (χ1n) is 6.05. The van der Waals surface area contributed by atoms with E-state index in [4.69, 9.17) is 9.84 Å². The average Bonchev–Trinajstić information content (AvgIpc) is 2.37. The molecule has 1 aromatic carbocycles. The van der Waals surface area contributed by atoms with Crippen LogP contribution in [0.2, 0.25) is 0 Å². The summed E-state index contributed by atoms with van der Waals surface area (Å²) in [6, 6.07) is 6.36. The van der Waals surface area contributed by atoms with Crippen LogP contribution in [0, 0.1) is 5.82 Å². The first-order valence-corrected chi connectivity index (χ1v) is 6.05. The highest BCUT2D eigenvalue weighted by Crippen LogP contribution is 2.23. The molecule has 2 rings (SSSR count). The molecule has 1 aliphatic rings. The Morgan fingerprint density at radius 1 is 1.35 bits per heavy atom. The van der Waals surface area contributed by atoms with Crippen LogP contribution in [0.3, 0.4) is 0 Å². The van der Waals surface area contributed by atoms with Gasteiger partial charge < -0.3 is 9.84 Å². The van der Waals surface area contributed by atoms with Crippen LogP contribution in [-0.2, 0) is 4.74 Å². The molecule has 0 spiro atoms. The number of hydrogen-bond acceptors (Lipinski definition) is 3. The quantitative estimate of drug-likeness (QED) is 0.844. The number of aliphatic hydroxyl groups is 1. The first kappa shape index (κ1) is 12.5. The molecule has 1 fully saturated rings. The minimum Gasteiger partial charge on any atom is -0.396 e. The predicted molar refractivity (Wildman–Crippen MR) is 63.0 cm³/mol. The first-order chi connectivity index (χ1) is 8.29. The van der Waals surface area contributed by atoms with Crippen molar-refractivity contribution in [3.05, 3.63) is 35.6 Å². The zero-order valence-corrected chi connectivity index (χ0v) is 9.73. The molecule has 0 saturated carbocycles. The van der Waals surface area contributed by atoms with Crippen molar-refractivity contribution >= 4 is 0 Å². The van der Waals surface area contributed by atoms with Crippen LogP contribution in [0.1, 0.15) is 31.1 Å². The molecule has 0 aromatic heterocycles. The van der Waals surface area contributed by atoms with E-state index in [0.29, 0.717) is 0 Å². The number of aliphatic hydroxyl groups excluding tert-OH is 1. The fourth-order valence-electron chi connectivity index (χ4n) is 2.05. The Morgan fingerprint density at radius 3 is 2.82 bits per heavy atom. The number of nitrogens with one attached hydrogen (secondary N) is 1. The van der Waals surface area contributed by atoms with Crippen LogP contribution in [-0.4, -0.2) is 24.4 Å². The molecule has 3 nitrogen and oxygen atoms in total. The van der Waals surface area contributed by atoms with Gasteiger partial charge in [0.1, 0.15) is 12.0 Å². The molecule has 1 heterocycles. The Kier molecular flexibility index (Phi) is 4.48. The largest absolute Gasteiger partial charge is 0.396 e. The van der Waals surface area contributed by atoms with Crippen molar-refractivity contribution < 1.29 is 14.2 Å². The lowest BCUT2D eigenvalue weighted by Crippen LogP contribution is -2.36. The molecule has 2 N–H and O–H groups in total. The van der Waals surface area contributed by atoms with Crippen molar-refractivity contribution in [3.63, 3.8) is 0 Å². The molecular formula is C13H18FNO2. The van der Waals surface area contributed by atoms with E-state index < -0.39 is 0 Å². The van der Waals surface area contributed by atoms with E-state index in [1.165, 1.54) is 12.1 Å². The summed E-state index contributed by atoms with van der Waals surface area (Å²) in [7, 11) is 0. The minimum absolute atomic E-state index is 0.159. The maximum Gasteiger partial charge on any atom is 0.134 e. The summed E-state index contributed by atoms with van der Waals surface area (Å²) in [5.41, 5.74) is 0.945. The lowest BCUT2D eigenvalue weighted by molar-refractivity contribution is -0.0682. The van der Waals surface area contributed by atoms with E-state index in [1.807, 2.05) is 0 Å². The number of rotatable bonds is 4. The molecule has 4 heteroatoms. The lowest BCUT2D eigenvalue weighted by atomic mass is 10.1. The summed E-state index contributed by atoms with van der Waals surface area (Å²) in [6.07, 6.45) is 2.61. The van der Waals surface area contributed by atoms with E-state index in [2.05, 4.69) is 5.32 Å². The number of hydrogen-bond donors (Lipinski definition) is 2. The van der Waals surface area contributed by atoms with Crippen molar-refractivity contribution in [2.45, 2.75) is 31.6 Å². The standard InChI is InChI=1S/C13H18FNO2/c14-11-5-3-10(4-6-11)13-15-8-7-12(17-13)2-1-9-16/h3-6,12-13,15-16H,1-2,7-9H2. The van der Waals surface area contributed by atoms with E-state index in [0.717, 1.165) is 31.4 Å².